The van der Waals surface area contributed by atoms with Crippen LogP contribution >= 0.6 is 11.6 Å². The highest BCUT2D eigenvalue weighted by Gasteiger charge is 2.21. The quantitative estimate of drug-likeness (QED) is 0.878. The van der Waals surface area contributed by atoms with E-state index in [4.69, 9.17) is 22.1 Å². The Bertz CT molecular complexity index is 469. The van der Waals surface area contributed by atoms with Gasteiger partial charge in [-0.05, 0) is 52.8 Å². The van der Waals surface area contributed by atoms with Gasteiger partial charge in [-0.1, -0.05) is 17.7 Å². The van der Waals surface area contributed by atoms with E-state index in [1.54, 1.807) is 25.1 Å². The summed E-state index contributed by atoms with van der Waals surface area (Å²) in [6.07, 6.45) is 0.0204. The van der Waals surface area contributed by atoms with E-state index in [-0.39, 0.29) is 11.4 Å². The van der Waals surface area contributed by atoms with Crippen LogP contribution in [0.2, 0.25) is 5.02 Å². The van der Waals surface area contributed by atoms with Crippen molar-refractivity contribution in [3.8, 4) is 5.75 Å². The summed E-state index contributed by atoms with van der Waals surface area (Å²) in [6, 6.07) is 5.39. The third-order valence-electron chi connectivity index (χ3n) is 2.64. The second kappa shape index (κ2) is 6.95. The third kappa shape index (κ3) is 5.02. The second-order valence-corrected chi connectivity index (χ2v) is 6.16. The van der Waals surface area contributed by atoms with E-state index in [9.17, 15) is 4.79 Å². The number of nitrogens with one attached hydrogen (secondary N) is 1. The molecule has 0 fully saturated rings. The smallest absolute Gasteiger partial charge is 0.261 e. The van der Waals surface area contributed by atoms with Gasteiger partial charge in [-0.15, -0.1) is 0 Å². The molecule has 1 aromatic rings. The van der Waals surface area contributed by atoms with E-state index in [1.807, 2.05) is 20.8 Å². The number of carbonyl (C=O) groups is 1. The van der Waals surface area contributed by atoms with Crippen molar-refractivity contribution in [1.82, 2.24) is 5.32 Å². The molecule has 1 aromatic carbocycles. The molecule has 0 radical (unpaired) electrons. The molecule has 0 saturated heterocycles. The third-order valence-corrected chi connectivity index (χ3v) is 3.00. The predicted molar refractivity (Wildman–Crippen MR) is 82.2 cm³/mol. The van der Waals surface area contributed by atoms with Crippen molar-refractivity contribution in [1.29, 1.82) is 0 Å². The Hall–Kier alpha value is -1.26. The van der Waals surface area contributed by atoms with E-state index in [0.717, 1.165) is 5.56 Å². The van der Waals surface area contributed by atoms with Crippen LogP contribution in [0.1, 0.15) is 33.3 Å². The topological polar surface area (TPSA) is 64.3 Å². The Morgan fingerprint density at radius 3 is 2.65 bits per heavy atom. The fraction of sp³-hybridized carbons (Fsp3) is 0.533. The van der Waals surface area contributed by atoms with Gasteiger partial charge in [-0.25, -0.2) is 0 Å². The molecule has 1 unspecified atom stereocenters. The molecule has 0 aliphatic rings. The summed E-state index contributed by atoms with van der Waals surface area (Å²) in [6.45, 7) is 7.97. The van der Waals surface area contributed by atoms with Gasteiger partial charge in [-0.2, -0.15) is 0 Å². The maximum absolute atomic E-state index is 12.0. The second-order valence-electron chi connectivity index (χ2n) is 5.75. The van der Waals surface area contributed by atoms with Crippen LogP contribution in [0, 0.1) is 0 Å². The monoisotopic (exact) mass is 298 g/mol. The first-order valence-corrected chi connectivity index (χ1v) is 7.08. The van der Waals surface area contributed by atoms with E-state index >= 15 is 0 Å². The van der Waals surface area contributed by atoms with Crippen molar-refractivity contribution in [3.05, 3.63) is 28.8 Å². The number of carbonyl (C=O) groups excluding carboxylic acids is 1. The summed E-state index contributed by atoms with van der Waals surface area (Å²) >= 11 is 6.14. The van der Waals surface area contributed by atoms with Crippen LogP contribution in [0.5, 0.6) is 5.75 Å². The lowest BCUT2D eigenvalue weighted by Crippen LogP contribution is -2.46. The average molecular weight is 299 g/mol. The number of rotatable bonds is 5. The minimum absolute atomic E-state index is 0.156. The van der Waals surface area contributed by atoms with Gasteiger partial charge < -0.3 is 15.8 Å². The molecule has 0 saturated carbocycles. The molecular formula is C15H23ClN2O2. The molecule has 0 heterocycles. The van der Waals surface area contributed by atoms with Gasteiger partial charge in [0.25, 0.3) is 5.91 Å². The van der Waals surface area contributed by atoms with Crippen molar-refractivity contribution >= 4 is 17.5 Å². The van der Waals surface area contributed by atoms with Crippen LogP contribution < -0.4 is 15.8 Å². The molecule has 0 spiro atoms. The number of halogens is 1. The number of nitrogens with two attached hydrogens (primary N) is 1. The number of hydrogen-bond donors (Lipinski definition) is 2. The summed E-state index contributed by atoms with van der Waals surface area (Å²) in [5, 5.41) is 3.49. The fourth-order valence-electron chi connectivity index (χ4n) is 1.75. The molecule has 1 amide bonds. The van der Waals surface area contributed by atoms with Crippen LogP contribution in [0.3, 0.4) is 0 Å². The van der Waals surface area contributed by atoms with E-state index < -0.39 is 6.10 Å². The highest BCUT2D eigenvalue weighted by atomic mass is 35.5. The first-order chi connectivity index (χ1) is 9.24. The molecule has 4 nitrogen and oxygen atoms in total. The van der Waals surface area contributed by atoms with E-state index in [2.05, 4.69) is 5.32 Å². The summed E-state index contributed by atoms with van der Waals surface area (Å²) < 4.78 is 5.73. The molecule has 0 aromatic heterocycles. The number of ether oxygens (including phenoxy) is 1. The summed E-state index contributed by atoms with van der Waals surface area (Å²) in [5.41, 5.74) is 6.13. The summed E-state index contributed by atoms with van der Waals surface area (Å²) in [5.74, 6) is 0.454. The van der Waals surface area contributed by atoms with Gasteiger partial charge in [0.2, 0.25) is 0 Å². The van der Waals surface area contributed by atoms with Gasteiger partial charge in [0.15, 0.2) is 6.10 Å². The lowest BCUT2D eigenvalue weighted by molar-refractivity contribution is -0.128. The standard InChI is InChI=1S/C15H23ClN2O2/c1-10(14(19)18-15(2,3)4)20-13-7-5-6-12(16)11(13)8-9-17/h5-7,10H,8-9,17H2,1-4H3,(H,18,19). The Morgan fingerprint density at radius 1 is 1.45 bits per heavy atom. The van der Waals surface area contributed by atoms with Gasteiger partial charge >= 0.3 is 0 Å². The van der Waals surface area contributed by atoms with Crippen molar-refractivity contribution in [2.45, 2.75) is 45.8 Å². The number of hydrogen-bond acceptors (Lipinski definition) is 3. The van der Waals surface area contributed by atoms with Gasteiger partial charge in [-0.3, -0.25) is 4.79 Å². The molecule has 5 heteroatoms. The van der Waals surface area contributed by atoms with Crippen LogP contribution in [0.15, 0.2) is 18.2 Å². The van der Waals surface area contributed by atoms with Gasteiger partial charge in [0.1, 0.15) is 5.75 Å². The Labute approximate surface area is 125 Å². The lowest BCUT2D eigenvalue weighted by Gasteiger charge is -2.24. The lowest BCUT2D eigenvalue weighted by atomic mass is 10.1. The highest BCUT2D eigenvalue weighted by Crippen LogP contribution is 2.27. The van der Waals surface area contributed by atoms with Gasteiger partial charge in [0, 0.05) is 16.1 Å². The van der Waals surface area contributed by atoms with Crippen LogP contribution in [-0.4, -0.2) is 24.1 Å². The zero-order chi connectivity index (χ0) is 15.3. The highest BCUT2D eigenvalue weighted by molar-refractivity contribution is 6.31. The summed E-state index contributed by atoms with van der Waals surface area (Å²) in [4.78, 5) is 12.0. The van der Waals surface area contributed by atoms with Gasteiger partial charge in [0.05, 0.1) is 0 Å². The minimum atomic E-state index is -0.593. The van der Waals surface area contributed by atoms with Crippen molar-refractivity contribution in [3.63, 3.8) is 0 Å². The average Bonchev–Trinajstić information content (AvgIpc) is 2.31. The number of benzene rings is 1. The minimum Gasteiger partial charge on any atom is -0.481 e. The van der Waals surface area contributed by atoms with Crippen molar-refractivity contribution < 1.29 is 9.53 Å². The molecule has 0 aliphatic heterocycles. The first-order valence-electron chi connectivity index (χ1n) is 6.70. The Balaban J connectivity index is 2.82. The predicted octanol–water partition coefficient (Wildman–Crippen LogP) is 2.52. The zero-order valence-corrected chi connectivity index (χ0v) is 13.3. The Morgan fingerprint density at radius 2 is 2.10 bits per heavy atom. The molecule has 0 bridgehead atoms. The maximum atomic E-state index is 12.0. The fourth-order valence-corrected chi connectivity index (χ4v) is 2.01. The first kappa shape index (κ1) is 16.8. The van der Waals surface area contributed by atoms with Crippen molar-refractivity contribution in [2.24, 2.45) is 5.73 Å². The molecule has 112 valence electrons. The Kier molecular flexibility index (Phi) is 5.84. The van der Waals surface area contributed by atoms with Crippen molar-refractivity contribution in [2.75, 3.05) is 6.54 Å². The molecule has 20 heavy (non-hydrogen) atoms. The van der Waals surface area contributed by atoms with Crippen LogP contribution in [0.25, 0.3) is 0 Å². The van der Waals surface area contributed by atoms with E-state index in [1.165, 1.54) is 0 Å². The largest absolute Gasteiger partial charge is 0.481 e. The molecule has 1 rings (SSSR count). The zero-order valence-electron chi connectivity index (χ0n) is 12.5. The SMILES string of the molecule is CC(Oc1cccc(Cl)c1CCN)C(=O)NC(C)(C)C. The van der Waals surface area contributed by atoms with E-state index in [0.29, 0.717) is 23.7 Å². The molecular weight excluding hydrogens is 276 g/mol. The molecule has 0 aliphatic carbocycles. The van der Waals surface area contributed by atoms with Crippen LogP contribution in [0.4, 0.5) is 0 Å². The number of amides is 1. The summed E-state index contributed by atoms with van der Waals surface area (Å²) in [7, 11) is 0. The molecule has 1 atom stereocenters. The molecule has 3 N–H and O–H groups in total. The maximum Gasteiger partial charge on any atom is 0.261 e. The van der Waals surface area contributed by atoms with Crippen LogP contribution in [-0.2, 0) is 11.2 Å². The normalized spacial score (nSPS) is 12.9.